The highest BCUT2D eigenvalue weighted by Crippen LogP contribution is 2.12. The number of halogens is 1. The van der Waals surface area contributed by atoms with E-state index < -0.39 is 0 Å². The summed E-state index contributed by atoms with van der Waals surface area (Å²) in [5.74, 6) is 0. The van der Waals surface area contributed by atoms with Crippen LogP contribution in [-0.2, 0) is 0 Å². The molecule has 70 valence electrons. The Balaban J connectivity index is 2.15. The van der Waals surface area contributed by atoms with E-state index in [1.54, 1.807) is 0 Å². The molecule has 0 aliphatic heterocycles. The molecule has 0 bridgehead atoms. The highest BCUT2D eigenvalue weighted by molar-refractivity contribution is 7.03. The van der Waals surface area contributed by atoms with Gasteiger partial charge in [-0.2, -0.15) is 0 Å². The largest absolute Gasteiger partial charge is 0.139 e. The van der Waals surface area contributed by atoms with Crippen molar-refractivity contribution < 1.29 is 0 Å². The molecule has 1 aromatic carbocycles. The van der Waals surface area contributed by atoms with Crippen molar-refractivity contribution in [1.82, 2.24) is 9.59 Å². The van der Waals surface area contributed by atoms with E-state index in [2.05, 4.69) is 9.59 Å². The monoisotopic (exact) mass is 222 g/mol. The van der Waals surface area contributed by atoms with Crippen molar-refractivity contribution in [3.63, 3.8) is 0 Å². The Morgan fingerprint density at radius 2 is 1.93 bits per heavy atom. The summed E-state index contributed by atoms with van der Waals surface area (Å²) in [6, 6.07) is 7.64. The third-order valence-electron chi connectivity index (χ3n) is 1.69. The number of hydrogen-bond acceptors (Lipinski definition) is 3. The van der Waals surface area contributed by atoms with Crippen LogP contribution < -0.4 is 0 Å². The molecule has 0 saturated carbocycles. The number of hydrogen-bond donors (Lipinski definition) is 0. The molecule has 1 aromatic heterocycles. The van der Waals surface area contributed by atoms with E-state index in [4.69, 9.17) is 11.6 Å². The molecule has 0 N–H and O–H groups in total. The molecule has 2 nitrogen and oxygen atoms in total. The second kappa shape index (κ2) is 4.35. The first-order chi connectivity index (χ1) is 6.84. The van der Waals surface area contributed by atoms with E-state index in [-0.39, 0.29) is 0 Å². The van der Waals surface area contributed by atoms with Gasteiger partial charge in [0.05, 0.1) is 5.69 Å². The van der Waals surface area contributed by atoms with Crippen molar-refractivity contribution in [1.29, 1.82) is 0 Å². The molecule has 14 heavy (non-hydrogen) atoms. The first kappa shape index (κ1) is 9.37. The van der Waals surface area contributed by atoms with Gasteiger partial charge in [0, 0.05) is 10.4 Å². The van der Waals surface area contributed by atoms with Gasteiger partial charge in [-0.15, -0.1) is 5.10 Å². The fourth-order valence-electron chi connectivity index (χ4n) is 1.000. The minimum atomic E-state index is 0.748. The Hall–Kier alpha value is -1.19. The zero-order valence-corrected chi connectivity index (χ0v) is 8.79. The lowest BCUT2D eigenvalue weighted by molar-refractivity contribution is 1.14. The van der Waals surface area contributed by atoms with E-state index in [0.717, 1.165) is 16.3 Å². The molecule has 2 aromatic rings. The van der Waals surface area contributed by atoms with Crippen LogP contribution in [0.15, 0.2) is 29.6 Å². The lowest BCUT2D eigenvalue weighted by Gasteiger charge is -1.91. The minimum absolute atomic E-state index is 0.748. The van der Waals surface area contributed by atoms with Gasteiger partial charge in [0.2, 0.25) is 0 Å². The predicted octanol–water partition coefficient (Wildman–Crippen LogP) is 3.36. The molecule has 0 spiro atoms. The molecule has 0 fully saturated rings. The van der Waals surface area contributed by atoms with Crippen LogP contribution in [0.5, 0.6) is 0 Å². The maximum Gasteiger partial charge on any atom is 0.0982 e. The molecule has 0 aliphatic carbocycles. The maximum absolute atomic E-state index is 5.77. The summed E-state index contributed by atoms with van der Waals surface area (Å²) in [5, 5.41) is 6.55. The number of nitrogens with zero attached hydrogens (tertiary/aromatic N) is 2. The summed E-state index contributed by atoms with van der Waals surface area (Å²) in [7, 11) is 0. The van der Waals surface area contributed by atoms with Crippen LogP contribution in [0.4, 0.5) is 0 Å². The Labute approximate surface area is 91.0 Å². The average molecular weight is 223 g/mol. The smallest absolute Gasteiger partial charge is 0.0982 e. The van der Waals surface area contributed by atoms with Crippen LogP contribution in [0.25, 0.3) is 12.2 Å². The molecule has 0 atom stereocenters. The molecule has 0 radical (unpaired) electrons. The highest BCUT2D eigenvalue weighted by Gasteiger charge is 1.90. The van der Waals surface area contributed by atoms with Gasteiger partial charge in [-0.1, -0.05) is 34.3 Å². The summed E-state index contributed by atoms with van der Waals surface area (Å²) >= 11 is 7.11. The number of rotatable bonds is 2. The SMILES string of the molecule is Clc1ccc(/C=C\c2csnn2)cc1. The maximum atomic E-state index is 5.77. The molecule has 0 aliphatic rings. The molecule has 4 heteroatoms. The second-order valence-corrected chi connectivity index (χ2v) is 3.76. The highest BCUT2D eigenvalue weighted by atomic mass is 35.5. The van der Waals surface area contributed by atoms with E-state index in [0.29, 0.717) is 0 Å². The lowest BCUT2D eigenvalue weighted by atomic mass is 10.2. The fourth-order valence-corrected chi connectivity index (χ4v) is 1.55. The van der Waals surface area contributed by atoms with E-state index in [9.17, 15) is 0 Å². The van der Waals surface area contributed by atoms with Crippen LogP contribution in [-0.4, -0.2) is 9.59 Å². The normalized spacial score (nSPS) is 10.9. The second-order valence-electron chi connectivity index (χ2n) is 2.71. The van der Waals surface area contributed by atoms with Gasteiger partial charge in [-0.3, -0.25) is 0 Å². The minimum Gasteiger partial charge on any atom is -0.139 e. The standard InChI is InChI=1S/C10H7ClN2S/c11-9-4-1-8(2-5-9)3-6-10-7-14-13-12-10/h1-7H/b6-3-. The van der Waals surface area contributed by atoms with Crippen LogP contribution in [0.2, 0.25) is 5.02 Å². The third-order valence-corrected chi connectivity index (χ3v) is 2.47. The first-order valence-corrected chi connectivity index (χ1v) is 5.27. The molecule has 0 amide bonds. The molecule has 0 unspecified atom stereocenters. The van der Waals surface area contributed by atoms with Crippen LogP contribution in [0, 0.1) is 0 Å². The fraction of sp³-hybridized carbons (Fsp3) is 0. The van der Waals surface area contributed by atoms with Gasteiger partial charge in [0.15, 0.2) is 0 Å². The predicted molar refractivity (Wildman–Crippen MR) is 60.3 cm³/mol. The van der Waals surface area contributed by atoms with Gasteiger partial charge in [0.1, 0.15) is 0 Å². The van der Waals surface area contributed by atoms with Gasteiger partial charge < -0.3 is 0 Å². The van der Waals surface area contributed by atoms with Crippen molar-refractivity contribution in [3.8, 4) is 0 Å². The molecular weight excluding hydrogens is 216 g/mol. The molecule has 2 rings (SSSR count). The van der Waals surface area contributed by atoms with Crippen LogP contribution >= 0.6 is 23.1 Å². The summed E-state index contributed by atoms with van der Waals surface area (Å²) in [4.78, 5) is 0. The third kappa shape index (κ3) is 2.40. The lowest BCUT2D eigenvalue weighted by Crippen LogP contribution is -1.72. The first-order valence-electron chi connectivity index (χ1n) is 4.05. The Bertz CT molecular complexity index is 420. The van der Waals surface area contributed by atoms with Crippen molar-refractivity contribution >= 4 is 35.3 Å². The number of benzene rings is 1. The molecule has 0 saturated heterocycles. The van der Waals surface area contributed by atoms with E-state index >= 15 is 0 Å². The zero-order valence-electron chi connectivity index (χ0n) is 7.22. The van der Waals surface area contributed by atoms with Gasteiger partial charge >= 0.3 is 0 Å². The summed E-state index contributed by atoms with van der Waals surface area (Å²) < 4.78 is 3.77. The number of aromatic nitrogens is 2. The van der Waals surface area contributed by atoms with Crippen LogP contribution in [0.3, 0.4) is 0 Å². The van der Waals surface area contributed by atoms with Crippen molar-refractivity contribution in [3.05, 3.63) is 45.9 Å². The average Bonchev–Trinajstić information content (AvgIpc) is 2.70. The topological polar surface area (TPSA) is 25.8 Å². The van der Waals surface area contributed by atoms with E-state index in [1.807, 2.05) is 41.8 Å². The molecule has 1 heterocycles. The van der Waals surface area contributed by atoms with Crippen LogP contribution in [0.1, 0.15) is 11.3 Å². The van der Waals surface area contributed by atoms with Crippen molar-refractivity contribution in [2.75, 3.05) is 0 Å². The van der Waals surface area contributed by atoms with Crippen molar-refractivity contribution in [2.45, 2.75) is 0 Å². The summed E-state index contributed by atoms with van der Waals surface area (Å²) in [6.07, 6.45) is 3.90. The van der Waals surface area contributed by atoms with Gasteiger partial charge in [-0.05, 0) is 35.3 Å². The quantitative estimate of drug-likeness (QED) is 0.779. The Morgan fingerprint density at radius 3 is 2.57 bits per heavy atom. The summed E-state index contributed by atoms with van der Waals surface area (Å²) in [5.41, 5.74) is 1.98. The van der Waals surface area contributed by atoms with Gasteiger partial charge in [-0.25, -0.2) is 0 Å². The van der Waals surface area contributed by atoms with Gasteiger partial charge in [0.25, 0.3) is 0 Å². The van der Waals surface area contributed by atoms with E-state index in [1.165, 1.54) is 11.5 Å². The Kier molecular flexibility index (Phi) is 2.91. The van der Waals surface area contributed by atoms with Crippen molar-refractivity contribution in [2.24, 2.45) is 0 Å². The molecular formula is C10H7ClN2S. The zero-order chi connectivity index (χ0) is 9.80. The summed E-state index contributed by atoms with van der Waals surface area (Å²) in [6.45, 7) is 0. The Morgan fingerprint density at radius 1 is 1.14 bits per heavy atom.